The van der Waals surface area contributed by atoms with E-state index < -0.39 is 45.3 Å². The van der Waals surface area contributed by atoms with E-state index in [1.807, 2.05) is 0 Å². The first kappa shape index (κ1) is 25.8. The molecule has 5 nitrogen and oxygen atoms in total. The zero-order valence-corrected chi connectivity index (χ0v) is 21.1. The second-order valence-corrected chi connectivity index (χ2v) is 10.4. The number of nitrogen functional groups attached to an aromatic ring is 1. The molecule has 35 heavy (non-hydrogen) atoms. The highest BCUT2D eigenvalue weighted by Crippen LogP contribution is 2.65. The molecule has 0 radical (unpaired) electrons. The smallest absolute Gasteiger partial charge is 0.257 e. The second kappa shape index (κ2) is 9.64. The number of halogens is 7. The number of nitrogens with two attached hydrogens (primary N) is 1. The van der Waals surface area contributed by atoms with Crippen LogP contribution in [0.25, 0.3) is 0 Å². The minimum absolute atomic E-state index is 0.0279. The van der Waals surface area contributed by atoms with Gasteiger partial charge < -0.3 is 16.4 Å². The van der Waals surface area contributed by atoms with Gasteiger partial charge in [-0.15, -0.1) is 23.2 Å². The average Bonchev–Trinajstić information content (AvgIpc) is 3.39. The summed E-state index contributed by atoms with van der Waals surface area (Å²) < 4.78 is 26.2. The van der Waals surface area contributed by atoms with E-state index in [4.69, 9.17) is 63.7 Å². The van der Waals surface area contributed by atoms with Crippen LogP contribution in [-0.2, 0) is 4.79 Å². The van der Waals surface area contributed by atoms with Crippen molar-refractivity contribution in [2.24, 2.45) is 5.92 Å². The first-order chi connectivity index (χ1) is 16.4. The number of rotatable bonds is 5. The molecule has 0 heterocycles. The Balaban J connectivity index is 1.52. The van der Waals surface area contributed by atoms with Crippen molar-refractivity contribution in [3.8, 4) is 0 Å². The van der Waals surface area contributed by atoms with Gasteiger partial charge in [0.25, 0.3) is 5.91 Å². The van der Waals surface area contributed by atoms with Crippen LogP contribution in [0.1, 0.15) is 21.8 Å². The number of amides is 2. The normalized spacial score (nSPS) is 18.1. The SMILES string of the molecule is Nc1c(F)ccc(NC(=O)c2cc(NC(=O)[C@H]3[C@H](c4ccc(Cl)c(Cl)c4)C3(Cl)Cl)ccc2Cl)c1F. The first-order valence-electron chi connectivity index (χ1n) is 9.89. The van der Waals surface area contributed by atoms with E-state index in [0.29, 0.717) is 15.6 Å². The summed E-state index contributed by atoms with van der Waals surface area (Å²) in [4.78, 5) is 25.6. The molecule has 182 valence electrons. The third-order valence-electron chi connectivity index (χ3n) is 5.49. The van der Waals surface area contributed by atoms with Gasteiger partial charge in [-0.3, -0.25) is 9.59 Å². The Morgan fingerprint density at radius 1 is 0.886 bits per heavy atom. The van der Waals surface area contributed by atoms with Gasteiger partial charge in [0.2, 0.25) is 5.91 Å². The summed E-state index contributed by atoms with van der Waals surface area (Å²) in [6, 6.07) is 10.9. The molecule has 3 aromatic carbocycles. The van der Waals surface area contributed by atoms with Gasteiger partial charge in [0.05, 0.1) is 32.2 Å². The van der Waals surface area contributed by atoms with Gasteiger partial charge in [0.1, 0.15) is 15.8 Å². The van der Waals surface area contributed by atoms with Gasteiger partial charge in [-0.25, -0.2) is 8.78 Å². The fraction of sp³-hybridized carbons (Fsp3) is 0.130. The summed E-state index contributed by atoms with van der Waals surface area (Å²) in [5.74, 6) is -4.74. The highest BCUT2D eigenvalue weighted by atomic mass is 35.5. The second-order valence-electron chi connectivity index (χ2n) is 7.76. The monoisotopic (exact) mass is 577 g/mol. The molecule has 0 spiro atoms. The zero-order valence-electron chi connectivity index (χ0n) is 17.3. The summed E-state index contributed by atoms with van der Waals surface area (Å²) in [7, 11) is 0. The molecule has 1 aliphatic rings. The van der Waals surface area contributed by atoms with Crippen LogP contribution in [0.4, 0.5) is 25.8 Å². The van der Waals surface area contributed by atoms with Crippen molar-refractivity contribution in [1.29, 1.82) is 0 Å². The maximum atomic E-state index is 14.2. The third kappa shape index (κ3) is 5.01. The summed E-state index contributed by atoms with van der Waals surface area (Å²) >= 11 is 30.9. The minimum Gasteiger partial charge on any atom is -0.394 e. The van der Waals surface area contributed by atoms with E-state index in [0.717, 1.165) is 12.1 Å². The van der Waals surface area contributed by atoms with Gasteiger partial charge in [0.15, 0.2) is 5.82 Å². The fourth-order valence-electron chi connectivity index (χ4n) is 3.63. The standard InChI is InChI=1S/C23H14Cl5F2N3O2/c24-12-4-2-10(8-11(12)21(34)33-16-6-5-15(29)20(31)19(16)30)32-22(35)18-17(23(18,27)28)9-1-3-13(25)14(26)7-9/h1-8,17-18H,31H2,(H,32,35)(H,33,34)/t17-,18+/m0/s1. The predicted octanol–water partition coefficient (Wildman–Crippen LogP) is 7.29. The molecule has 2 amide bonds. The third-order valence-corrected chi connectivity index (χ3v) is 7.50. The van der Waals surface area contributed by atoms with Crippen LogP contribution in [0, 0.1) is 17.6 Å². The molecule has 3 aromatic rings. The van der Waals surface area contributed by atoms with E-state index >= 15 is 0 Å². The molecule has 1 aliphatic carbocycles. The molecular weight excluding hydrogens is 566 g/mol. The number of benzene rings is 3. The molecule has 4 rings (SSSR count). The van der Waals surface area contributed by atoms with Crippen LogP contribution in [-0.4, -0.2) is 16.1 Å². The van der Waals surface area contributed by atoms with Crippen molar-refractivity contribution >= 4 is 86.9 Å². The van der Waals surface area contributed by atoms with Crippen molar-refractivity contribution in [3.05, 3.63) is 86.4 Å². The van der Waals surface area contributed by atoms with E-state index in [1.54, 1.807) is 18.2 Å². The van der Waals surface area contributed by atoms with Gasteiger partial charge >= 0.3 is 0 Å². The highest BCUT2D eigenvalue weighted by Gasteiger charge is 2.67. The topological polar surface area (TPSA) is 84.2 Å². The maximum Gasteiger partial charge on any atom is 0.257 e. The fourth-order valence-corrected chi connectivity index (χ4v) is 4.96. The first-order valence-corrected chi connectivity index (χ1v) is 11.8. The Hall–Kier alpha value is -2.29. The van der Waals surface area contributed by atoms with E-state index in [9.17, 15) is 18.4 Å². The summed E-state index contributed by atoms with van der Waals surface area (Å²) in [5.41, 5.74) is 5.03. The molecule has 0 unspecified atom stereocenters. The van der Waals surface area contributed by atoms with Crippen molar-refractivity contribution < 1.29 is 18.4 Å². The quantitative estimate of drug-likeness (QED) is 0.219. The Morgan fingerprint density at radius 3 is 2.26 bits per heavy atom. The molecule has 12 heteroatoms. The number of anilines is 3. The van der Waals surface area contributed by atoms with Crippen molar-refractivity contribution in [2.75, 3.05) is 16.4 Å². The lowest BCUT2D eigenvalue weighted by atomic mass is 10.1. The Kier molecular flexibility index (Phi) is 7.10. The van der Waals surface area contributed by atoms with Gasteiger partial charge in [-0.05, 0) is 48.0 Å². The molecule has 0 aliphatic heterocycles. The summed E-state index contributed by atoms with van der Waals surface area (Å²) in [6.07, 6.45) is 0. The van der Waals surface area contributed by atoms with Crippen LogP contribution in [0.15, 0.2) is 48.5 Å². The van der Waals surface area contributed by atoms with Crippen LogP contribution in [0.2, 0.25) is 15.1 Å². The minimum atomic E-state index is -1.38. The zero-order chi connectivity index (χ0) is 25.7. The molecule has 0 saturated heterocycles. The van der Waals surface area contributed by atoms with Gasteiger partial charge in [-0.1, -0.05) is 40.9 Å². The number of hydrogen-bond acceptors (Lipinski definition) is 3. The van der Waals surface area contributed by atoms with Crippen molar-refractivity contribution in [2.45, 2.75) is 10.3 Å². The van der Waals surface area contributed by atoms with Crippen LogP contribution < -0.4 is 16.4 Å². The number of nitrogens with one attached hydrogen (secondary N) is 2. The molecule has 0 bridgehead atoms. The number of hydrogen-bond donors (Lipinski definition) is 3. The lowest BCUT2D eigenvalue weighted by Crippen LogP contribution is -2.18. The van der Waals surface area contributed by atoms with Crippen molar-refractivity contribution in [3.63, 3.8) is 0 Å². The number of carbonyl (C=O) groups is 2. The molecule has 2 atom stereocenters. The molecule has 1 fully saturated rings. The Bertz CT molecular complexity index is 1370. The van der Waals surface area contributed by atoms with Crippen LogP contribution in [0.3, 0.4) is 0 Å². The van der Waals surface area contributed by atoms with Gasteiger partial charge in [0, 0.05) is 11.6 Å². The van der Waals surface area contributed by atoms with Crippen LogP contribution >= 0.6 is 58.0 Å². The Labute approximate surface area is 223 Å². The molecule has 1 saturated carbocycles. The predicted molar refractivity (Wildman–Crippen MR) is 136 cm³/mol. The molecular formula is C23H14Cl5F2N3O2. The van der Waals surface area contributed by atoms with Crippen molar-refractivity contribution in [1.82, 2.24) is 0 Å². The Morgan fingerprint density at radius 2 is 1.57 bits per heavy atom. The van der Waals surface area contributed by atoms with E-state index in [2.05, 4.69) is 10.6 Å². The van der Waals surface area contributed by atoms with Gasteiger partial charge in [-0.2, -0.15) is 0 Å². The number of carbonyl (C=O) groups excluding carboxylic acids is 2. The van der Waals surface area contributed by atoms with Crippen LogP contribution in [0.5, 0.6) is 0 Å². The lowest BCUT2D eigenvalue weighted by molar-refractivity contribution is -0.117. The molecule has 0 aromatic heterocycles. The largest absolute Gasteiger partial charge is 0.394 e. The summed E-state index contributed by atoms with van der Waals surface area (Å²) in [5, 5.41) is 5.60. The average molecular weight is 580 g/mol. The van der Waals surface area contributed by atoms with E-state index in [1.165, 1.54) is 18.2 Å². The summed E-state index contributed by atoms with van der Waals surface area (Å²) in [6.45, 7) is 0. The van der Waals surface area contributed by atoms with E-state index in [-0.39, 0.29) is 22.0 Å². The number of alkyl halides is 2. The lowest BCUT2D eigenvalue weighted by Gasteiger charge is -2.11. The molecule has 4 N–H and O–H groups in total. The maximum absolute atomic E-state index is 14.2. The highest BCUT2D eigenvalue weighted by molar-refractivity contribution is 6.53.